The molecular formula is C12H8Cl2FNO. The summed E-state index contributed by atoms with van der Waals surface area (Å²) in [6.07, 6.45) is 0. The summed E-state index contributed by atoms with van der Waals surface area (Å²) in [6.45, 7) is 0. The van der Waals surface area contributed by atoms with Crippen molar-refractivity contribution in [3.05, 3.63) is 52.3 Å². The Balaban J connectivity index is 2.31. The van der Waals surface area contributed by atoms with Gasteiger partial charge in [0.2, 0.25) is 0 Å². The molecule has 0 atom stereocenters. The molecule has 0 bridgehead atoms. The number of nitrogens with two attached hydrogens (primary N) is 1. The quantitative estimate of drug-likeness (QED) is 0.816. The second kappa shape index (κ2) is 4.82. The number of anilines is 1. The van der Waals surface area contributed by atoms with E-state index in [4.69, 9.17) is 33.7 Å². The molecule has 17 heavy (non-hydrogen) atoms. The fraction of sp³-hybridized carbons (Fsp3) is 0. The predicted octanol–water partition coefficient (Wildman–Crippen LogP) is 4.51. The van der Waals surface area contributed by atoms with Gasteiger partial charge in [-0.05, 0) is 24.3 Å². The number of para-hydroxylation sites is 1. The fourth-order valence-electron chi connectivity index (χ4n) is 1.27. The Morgan fingerprint density at radius 1 is 1.06 bits per heavy atom. The molecular weight excluding hydrogens is 264 g/mol. The van der Waals surface area contributed by atoms with Crippen LogP contribution in [0.3, 0.4) is 0 Å². The van der Waals surface area contributed by atoms with Crippen molar-refractivity contribution in [1.29, 1.82) is 0 Å². The van der Waals surface area contributed by atoms with Crippen LogP contribution in [0.15, 0.2) is 36.4 Å². The van der Waals surface area contributed by atoms with Crippen LogP contribution in [0.25, 0.3) is 0 Å². The third kappa shape index (κ3) is 2.62. The molecule has 0 aromatic heterocycles. The molecule has 0 heterocycles. The summed E-state index contributed by atoms with van der Waals surface area (Å²) in [5.41, 5.74) is 5.50. The molecule has 0 saturated heterocycles. The monoisotopic (exact) mass is 271 g/mol. The molecule has 0 aliphatic rings. The van der Waals surface area contributed by atoms with Crippen molar-refractivity contribution in [2.45, 2.75) is 0 Å². The average Bonchev–Trinajstić information content (AvgIpc) is 2.30. The minimum atomic E-state index is -0.525. The van der Waals surface area contributed by atoms with Crippen molar-refractivity contribution in [2.75, 3.05) is 5.73 Å². The molecule has 0 fully saturated rings. The molecule has 0 radical (unpaired) electrons. The van der Waals surface area contributed by atoms with Crippen LogP contribution in [0.4, 0.5) is 10.1 Å². The van der Waals surface area contributed by atoms with Gasteiger partial charge >= 0.3 is 0 Å². The van der Waals surface area contributed by atoms with Crippen molar-refractivity contribution in [3.8, 4) is 11.5 Å². The first kappa shape index (κ1) is 12.0. The zero-order valence-corrected chi connectivity index (χ0v) is 10.1. The Hall–Kier alpha value is -1.45. The van der Waals surface area contributed by atoms with Gasteiger partial charge in [0.05, 0.1) is 10.0 Å². The van der Waals surface area contributed by atoms with Crippen molar-refractivity contribution in [3.63, 3.8) is 0 Å². The number of hydrogen-bond donors (Lipinski definition) is 1. The van der Waals surface area contributed by atoms with Crippen molar-refractivity contribution >= 4 is 28.9 Å². The Kier molecular flexibility index (Phi) is 3.41. The minimum absolute atomic E-state index is 0.0430. The second-order valence-corrected chi connectivity index (χ2v) is 4.14. The van der Waals surface area contributed by atoms with Crippen LogP contribution >= 0.6 is 23.2 Å². The van der Waals surface area contributed by atoms with Crippen molar-refractivity contribution < 1.29 is 9.13 Å². The number of hydrogen-bond acceptors (Lipinski definition) is 2. The topological polar surface area (TPSA) is 35.2 Å². The highest BCUT2D eigenvalue weighted by molar-refractivity contribution is 6.42. The van der Waals surface area contributed by atoms with Crippen molar-refractivity contribution in [1.82, 2.24) is 0 Å². The van der Waals surface area contributed by atoms with Crippen LogP contribution in [0.1, 0.15) is 0 Å². The smallest absolute Gasteiger partial charge is 0.153 e. The molecule has 0 amide bonds. The second-order valence-electron chi connectivity index (χ2n) is 3.33. The van der Waals surface area contributed by atoms with Gasteiger partial charge in [0, 0.05) is 6.07 Å². The van der Waals surface area contributed by atoms with Crippen LogP contribution in [-0.2, 0) is 0 Å². The molecule has 0 aliphatic carbocycles. The highest BCUT2D eigenvalue weighted by Crippen LogP contribution is 2.32. The van der Waals surface area contributed by atoms with Gasteiger partial charge in [0.15, 0.2) is 5.75 Å². The lowest BCUT2D eigenvalue weighted by Crippen LogP contribution is -1.95. The summed E-state index contributed by atoms with van der Waals surface area (Å²) in [5, 5.41) is 0.783. The summed E-state index contributed by atoms with van der Waals surface area (Å²) in [7, 11) is 0. The fourth-order valence-corrected chi connectivity index (χ4v) is 1.56. The predicted molar refractivity (Wildman–Crippen MR) is 67.3 cm³/mol. The highest BCUT2D eigenvalue weighted by Gasteiger charge is 2.07. The van der Waals surface area contributed by atoms with Gasteiger partial charge in [-0.25, -0.2) is 4.39 Å². The van der Waals surface area contributed by atoms with Gasteiger partial charge in [0.1, 0.15) is 17.3 Å². The molecule has 88 valence electrons. The molecule has 0 spiro atoms. The van der Waals surface area contributed by atoms with E-state index in [0.29, 0.717) is 15.8 Å². The van der Waals surface area contributed by atoms with E-state index in [1.54, 1.807) is 18.2 Å². The summed E-state index contributed by atoms with van der Waals surface area (Å²) >= 11 is 11.6. The lowest BCUT2D eigenvalue weighted by atomic mass is 10.3. The largest absolute Gasteiger partial charge is 0.455 e. The summed E-state index contributed by atoms with van der Waals surface area (Å²) in [5.74, 6) is 0.155. The first-order valence-electron chi connectivity index (χ1n) is 4.75. The highest BCUT2D eigenvalue weighted by atomic mass is 35.5. The average molecular weight is 272 g/mol. The van der Waals surface area contributed by atoms with E-state index in [1.807, 2.05) is 0 Å². The first-order valence-corrected chi connectivity index (χ1v) is 5.50. The zero-order valence-electron chi connectivity index (χ0n) is 8.58. The van der Waals surface area contributed by atoms with E-state index in [0.717, 1.165) is 0 Å². The number of nitrogen functional groups attached to an aromatic ring is 1. The molecule has 0 aliphatic heterocycles. The Bertz CT molecular complexity index is 560. The first-order chi connectivity index (χ1) is 8.08. The zero-order chi connectivity index (χ0) is 12.4. The van der Waals surface area contributed by atoms with E-state index in [1.165, 1.54) is 18.2 Å². The third-order valence-electron chi connectivity index (χ3n) is 2.13. The molecule has 0 unspecified atom stereocenters. The Morgan fingerprint density at radius 3 is 2.53 bits per heavy atom. The lowest BCUT2D eigenvalue weighted by Gasteiger charge is -2.09. The van der Waals surface area contributed by atoms with Gasteiger partial charge < -0.3 is 10.5 Å². The minimum Gasteiger partial charge on any atom is -0.455 e. The SMILES string of the molecule is Nc1c(F)cccc1Oc1ccc(Cl)c(Cl)c1. The normalized spacial score (nSPS) is 10.3. The molecule has 0 saturated carbocycles. The van der Waals surface area contributed by atoms with Gasteiger partial charge in [-0.15, -0.1) is 0 Å². The van der Waals surface area contributed by atoms with E-state index in [2.05, 4.69) is 0 Å². The maximum Gasteiger partial charge on any atom is 0.153 e. The van der Waals surface area contributed by atoms with Gasteiger partial charge in [-0.3, -0.25) is 0 Å². The van der Waals surface area contributed by atoms with E-state index < -0.39 is 5.82 Å². The maximum absolute atomic E-state index is 13.2. The van der Waals surface area contributed by atoms with E-state index in [9.17, 15) is 4.39 Å². The van der Waals surface area contributed by atoms with Crippen LogP contribution in [0, 0.1) is 5.82 Å². The Labute approximate surface area is 108 Å². The van der Waals surface area contributed by atoms with E-state index in [-0.39, 0.29) is 11.4 Å². The Morgan fingerprint density at radius 2 is 1.82 bits per heavy atom. The number of halogens is 3. The number of benzene rings is 2. The van der Waals surface area contributed by atoms with Crippen LogP contribution in [0.5, 0.6) is 11.5 Å². The molecule has 2 aromatic carbocycles. The molecule has 5 heteroatoms. The van der Waals surface area contributed by atoms with Crippen LogP contribution < -0.4 is 10.5 Å². The molecule has 2 aromatic rings. The number of ether oxygens (including phenoxy) is 1. The van der Waals surface area contributed by atoms with Gasteiger partial charge in [-0.2, -0.15) is 0 Å². The van der Waals surface area contributed by atoms with Crippen molar-refractivity contribution in [2.24, 2.45) is 0 Å². The van der Waals surface area contributed by atoms with Crippen LogP contribution in [-0.4, -0.2) is 0 Å². The molecule has 2 N–H and O–H groups in total. The van der Waals surface area contributed by atoms with Crippen LogP contribution in [0.2, 0.25) is 10.0 Å². The van der Waals surface area contributed by atoms with Gasteiger partial charge in [-0.1, -0.05) is 29.3 Å². The summed E-state index contributed by atoms with van der Waals surface area (Å²) in [4.78, 5) is 0. The summed E-state index contributed by atoms with van der Waals surface area (Å²) < 4.78 is 18.6. The standard InChI is InChI=1S/C12H8Cl2FNO/c13-8-5-4-7(6-9(8)14)17-11-3-1-2-10(15)12(11)16/h1-6H,16H2. The molecule has 2 rings (SSSR count). The molecule has 2 nitrogen and oxygen atoms in total. The summed E-state index contributed by atoms with van der Waals surface area (Å²) in [6, 6.07) is 9.10. The van der Waals surface area contributed by atoms with E-state index >= 15 is 0 Å². The number of rotatable bonds is 2. The third-order valence-corrected chi connectivity index (χ3v) is 2.87. The van der Waals surface area contributed by atoms with Gasteiger partial charge in [0.25, 0.3) is 0 Å². The maximum atomic E-state index is 13.2. The lowest BCUT2D eigenvalue weighted by molar-refractivity contribution is 0.480.